The number of carbonyl (C=O) groups excluding carboxylic acids is 1. The van der Waals surface area contributed by atoms with Crippen molar-refractivity contribution in [2.24, 2.45) is 0 Å². The molecule has 0 bridgehead atoms. The Balaban J connectivity index is 1.50. The van der Waals surface area contributed by atoms with Gasteiger partial charge >= 0.3 is 0 Å². The highest BCUT2D eigenvalue weighted by Gasteiger charge is 2.31. The molecule has 2 N–H and O–H groups in total. The number of halogens is 1. The first-order valence-electron chi connectivity index (χ1n) is 10.3. The molecule has 5 nitrogen and oxygen atoms in total. The first kappa shape index (κ1) is 20.6. The zero-order valence-corrected chi connectivity index (χ0v) is 17.8. The maximum atomic E-state index is 12.9. The van der Waals surface area contributed by atoms with E-state index in [0.717, 1.165) is 52.8 Å². The van der Waals surface area contributed by atoms with Crippen LogP contribution in [0.4, 0.5) is 0 Å². The van der Waals surface area contributed by atoms with Crippen molar-refractivity contribution in [2.45, 2.75) is 31.9 Å². The van der Waals surface area contributed by atoms with E-state index in [1.165, 1.54) is 6.21 Å². The van der Waals surface area contributed by atoms with E-state index in [2.05, 4.69) is 5.32 Å². The quantitative estimate of drug-likeness (QED) is 0.653. The summed E-state index contributed by atoms with van der Waals surface area (Å²) in [5, 5.41) is 11.2. The van der Waals surface area contributed by atoms with Crippen LogP contribution in [0.5, 0.6) is 0 Å². The summed E-state index contributed by atoms with van der Waals surface area (Å²) in [4.78, 5) is 14.8. The molecule has 1 amide bonds. The highest BCUT2D eigenvalue weighted by atomic mass is 35.5. The predicted octanol–water partition coefficient (Wildman–Crippen LogP) is 4.28. The number of benzene rings is 2. The van der Waals surface area contributed by atoms with Crippen LogP contribution in [0, 0.1) is 5.41 Å². The summed E-state index contributed by atoms with van der Waals surface area (Å²) in [6.07, 6.45) is 6.02. The summed E-state index contributed by atoms with van der Waals surface area (Å²) in [7, 11) is 1.82. The largest absolute Gasteiger partial charge is 0.393 e. The van der Waals surface area contributed by atoms with Gasteiger partial charge in [0.2, 0.25) is 0 Å². The Morgan fingerprint density at radius 3 is 2.80 bits per heavy atom. The van der Waals surface area contributed by atoms with Gasteiger partial charge in [0.05, 0.1) is 6.10 Å². The molecule has 0 radical (unpaired) electrons. The van der Waals surface area contributed by atoms with E-state index in [1.54, 1.807) is 6.20 Å². The van der Waals surface area contributed by atoms with Crippen LogP contribution in [-0.2, 0) is 17.7 Å². The van der Waals surface area contributed by atoms with E-state index in [-0.39, 0.29) is 12.0 Å². The summed E-state index contributed by atoms with van der Waals surface area (Å²) in [6.45, 7) is 2.05. The maximum absolute atomic E-state index is 12.9. The van der Waals surface area contributed by atoms with Crippen molar-refractivity contribution in [3.63, 3.8) is 0 Å². The van der Waals surface area contributed by atoms with Crippen molar-refractivity contribution in [1.82, 2.24) is 10.2 Å². The summed E-state index contributed by atoms with van der Waals surface area (Å²) in [5.74, 6) is 0.0709. The molecule has 0 aromatic heterocycles. The van der Waals surface area contributed by atoms with Crippen molar-refractivity contribution in [3.8, 4) is 0 Å². The minimum absolute atomic E-state index is 0.0709. The molecule has 2 aromatic rings. The molecule has 1 unspecified atom stereocenters. The lowest BCUT2D eigenvalue weighted by atomic mass is 9.98. The minimum Gasteiger partial charge on any atom is -0.393 e. The smallest absolute Gasteiger partial charge is 0.254 e. The van der Waals surface area contributed by atoms with E-state index in [1.807, 2.05) is 48.3 Å². The van der Waals surface area contributed by atoms with Gasteiger partial charge in [0.25, 0.3) is 5.91 Å². The van der Waals surface area contributed by atoms with Crippen LogP contribution < -0.4 is 5.32 Å². The van der Waals surface area contributed by atoms with E-state index in [4.69, 9.17) is 21.7 Å². The average Bonchev–Trinajstić information content (AvgIpc) is 3.36. The highest BCUT2D eigenvalue weighted by Crippen LogP contribution is 2.31. The van der Waals surface area contributed by atoms with E-state index in [9.17, 15) is 4.79 Å². The van der Waals surface area contributed by atoms with Gasteiger partial charge in [-0.3, -0.25) is 4.79 Å². The third kappa shape index (κ3) is 4.27. The van der Waals surface area contributed by atoms with Gasteiger partial charge in [0.1, 0.15) is 0 Å². The molecule has 0 aliphatic carbocycles. The second-order valence-electron chi connectivity index (χ2n) is 7.83. The fourth-order valence-corrected chi connectivity index (χ4v) is 4.41. The number of allylic oxidation sites excluding steroid dienone is 1. The third-order valence-electron chi connectivity index (χ3n) is 5.74. The standard InChI is InChI=1S/C24H26ClN3O2/c1-27-13-20(12-26)17-6-4-16(5-7-17)9-18-10-22-19(11-23(18)25)14-28(24(22)29)15-21-3-2-8-30-21/h4-7,10-13,21,26-27H,2-3,8-9,14-15H2,1H3/b20-13+,26-12?. The Morgan fingerprint density at radius 2 is 2.13 bits per heavy atom. The van der Waals surface area contributed by atoms with Gasteiger partial charge in [-0.2, -0.15) is 0 Å². The number of nitrogens with zero attached hydrogens (tertiary/aromatic N) is 1. The maximum Gasteiger partial charge on any atom is 0.254 e. The summed E-state index contributed by atoms with van der Waals surface area (Å²) in [5.41, 5.74) is 5.60. The Kier molecular flexibility index (Phi) is 6.21. The fourth-order valence-electron chi connectivity index (χ4n) is 4.15. The van der Waals surface area contributed by atoms with Crippen molar-refractivity contribution >= 4 is 29.3 Å². The number of hydrogen-bond acceptors (Lipinski definition) is 4. The molecule has 1 atom stereocenters. The topological polar surface area (TPSA) is 65.4 Å². The number of carbonyl (C=O) groups is 1. The molecule has 2 heterocycles. The summed E-state index contributed by atoms with van der Waals surface area (Å²) < 4.78 is 5.70. The Morgan fingerprint density at radius 1 is 1.33 bits per heavy atom. The number of fused-ring (bicyclic) bond motifs is 1. The molecule has 2 aromatic carbocycles. The molecule has 4 rings (SSSR count). The van der Waals surface area contributed by atoms with Crippen molar-refractivity contribution in [1.29, 1.82) is 5.41 Å². The molecule has 1 saturated heterocycles. The van der Waals surface area contributed by atoms with Crippen LogP contribution in [0.15, 0.2) is 42.6 Å². The molecule has 2 aliphatic heterocycles. The van der Waals surface area contributed by atoms with Crippen LogP contribution >= 0.6 is 11.6 Å². The van der Waals surface area contributed by atoms with Crippen LogP contribution in [0.1, 0.15) is 45.5 Å². The molecular formula is C24H26ClN3O2. The second-order valence-corrected chi connectivity index (χ2v) is 8.24. The first-order chi connectivity index (χ1) is 14.6. The molecule has 2 aliphatic rings. The van der Waals surface area contributed by atoms with Crippen LogP contribution in [0.3, 0.4) is 0 Å². The van der Waals surface area contributed by atoms with Gasteiger partial charge in [-0.1, -0.05) is 35.9 Å². The molecule has 0 spiro atoms. The zero-order chi connectivity index (χ0) is 21.1. The summed E-state index contributed by atoms with van der Waals surface area (Å²) in [6, 6.07) is 12.0. The van der Waals surface area contributed by atoms with Gasteiger partial charge < -0.3 is 20.4 Å². The number of hydrogen-bond donors (Lipinski definition) is 2. The van der Waals surface area contributed by atoms with Crippen molar-refractivity contribution in [3.05, 3.63) is 75.4 Å². The number of ether oxygens (including phenoxy) is 1. The zero-order valence-electron chi connectivity index (χ0n) is 17.1. The van der Waals surface area contributed by atoms with E-state index < -0.39 is 0 Å². The number of nitrogens with one attached hydrogen (secondary N) is 2. The molecule has 6 heteroatoms. The normalized spacial score (nSPS) is 18.6. The van der Waals surface area contributed by atoms with E-state index >= 15 is 0 Å². The summed E-state index contributed by atoms with van der Waals surface area (Å²) >= 11 is 6.57. The Hall–Kier alpha value is -2.63. The molecule has 1 fully saturated rings. The van der Waals surface area contributed by atoms with E-state index in [0.29, 0.717) is 24.5 Å². The van der Waals surface area contributed by atoms with Crippen LogP contribution in [0.25, 0.3) is 5.57 Å². The lowest BCUT2D eigenvalue weighted by Gasteiger charge is -2.19. The molecular weight excluding hydrogens is 398 g/mol. The molecule has 156 valence electrons. The second kappa shape index (κ2) is 9.02. The number of amides is 1. The van der Waals surface area contributed by atoms with Crippen LogP contribution in [0.2, 0.25) is 5.02 Å². The van der Waals surface area contributed by atoms with Gasteiger partial charge in [0, 0.05) is 55.3 Å². The number of rotatable bonds is 7. The monoisotopic (exact) mass is 423 g/mol. The van der Waals surface area contributed by atoms with Crippen molar-refractivity contribution in [2.75, 3.05) is 20.2 Å². The van der Waals surface area contributed by atoms with Crippen molar-refractivity contribution < 1.29 is 9.53 Å². The van der Waals surface area contributed by atoms with Crippen LogP contribution in [-0.4, -0.2) is 43.3 Å². The minimum atomic E-state index is 0.0709. The highest BCUT2D eigenvalue weighted by molar-refractivity contribution is 6.31. The first-order valence-corrected chi connectivity index (χ1v) is 10.7. The third-order valence-corrected chi connectivity index (χ3v) is 6.09. The van der Waals surface area contributed by atoms with Gasteiger partial charge in [0.15, 0.2) is 0 Å². The lowest BCUT2D eigenvalue weighted by molar-refractivity contribution is 0.0545. The van der Waals surface area contributed by atoms with Gasteiger partial charge in [-0.25, -0.2) is 0 Å². The molecule has 0 saturated carbocycles. The average molecular weight is 424 g/mol. The Bertz CT molecular complexity index is 979. The SMILES string of the molecule is CN/C=C(\C=N)c1ccc(Cc2cc3c(cc2Cl)CN(CC2CCCO2)C3=O)cc1. The Labute approximate surface area is 182 Å². The predicted molar refractivity (Wildman–Crippen MR) is 120 cm³/mol. The van der Waals surface area contributed by atoms with Gasteiger partial charge in [-0.05, 0) is 53.6 Å². The fraction of sp³-hybridized carbons (Fsp3) is 0.333. The molecule has 30 heavy (non-hydrogen) atoms. The lowest BCUT2D eigenvalue weighted by Crippen LogP contribution is -2.32. The van der Waals surface area contributed by atoms with Gasteiger partial charge in [-0.15, -0.1) is 0 Å².